The molecule has 0 spiro atoms. The summed E-state index contributed by atoms with van der Waals surface area (Å²) in [4.78, 5) is 21.6. The fourth-order valence-corrected chi connectivity index (χ4v) is 0. The number of nitrogens with zero attached hydrogens (tertiary/aromatic N) is 1. The van der Waals surface area contributed by atoms with E-state index < -0.39 is 7.82 Å². The van der Waals surface area contributed by atoms with Crippen LogP contribution < -0.4 is 6.15 Å². The van der Waals surface area contributed by atoms with Gasteiger partial charge in [-0.3, -0.25) is 0 Å². The first-order valence-corrected chi connectivity index (χ1v) is 2.79. The second kappa shape index (κ2) is 12.1. The minimum absolute atomic E-state index is 0. The van der Waals surface area contributed by atoms with E-state index in [1.807, 2.05) is 0 Å². The van der Waals surface area contributed by atoms with Crippen molar-refractivity contribution in [3.8, 4) is 6.26 Å². The van der Waals surface area contributed by atoms with Crippen LogP contribution in [0.3, 0.4) is 0 Å². The van der Waals surface area contributed by atoms with Crippen LogP contribution in [-0.4, -0.2) is 49.3 Å². The van der Waals surface area contributed by atoms with Crippen LogP contribution in [0.1, 0.15) is 0 Å². The van der Waals surface area contributed by atoms with E-state index in [9.17, 15) is 0 Å². The molecule has 58 valence electrons. The van der Waals surface area contributed by atoms with Crippen molar-refractivity contribution in [1.29, 1.82) is 5.26 Å². The van der Waals surface area contributed by atoms with E-state index in [2.05, 4.69) is 0 Å². The van der Waals surface area contributed by atoms with Gasteiger partial charge in [-0.15, -0.1) is 0 Å². The van der Waals surface area contributed by atoms with Gasteiger partial charge < -0.3 is 25.9 Å². The minimum atomic E-state index is -4.64. The molecule has 0 aliphatic rings. The molecular formula is CH8N2NaO5P. The van der Waals surface area contributed by atoms with Gasteiger partial charge >= 0.3 is 37.4 Å². The molecule has 9 heteroatoms. The molecule has 0 unspecified atom stereocenters. The molecule has 7 nitrogen and oxygen atoms in total. The summed E-state index contributed by atoms with van der Waals surface area (Å²) in [6.45, 7) is 0. The van der Waals surface area contributed by atoms with Crippen LogP contribution in [0.25, 0.3) is 0 Å². The van der Waals surface area contributed by atoms with Crippen LogP contribution in [0.15, 0.2) is 0 Å². The third-order valence-corrected chi connectivity index (χ3v) is 0. The van der Waals surface area contributed by atoms with Crippen LogP contribution in [0, 0.1) is 11.5 Å². The molecule has 0 aromatic heterocycles. The fourth-order valence-electron chi connectivity index (χ4n) is 0. The standard InChI is InChI=1S/CHNO.H3N.Na.H3O4P.H/c2-1-3;;;1-5(2,3)4;/h3H;1H3;;(H3,1,2,3,4);. The van der Waals surface area contributed by atoms with Gasteiger partial charge in [0.05, 0.1) is 0 Å². The Labute approximate surface area is 79.4 Å². The first kappa shape index (κ1) is 22.4. The molecule has 0 radical (unpaired) electrons. The van der Waals surface area contributed by atoms with Crippen LogP contribution in [0.4, 0.5) is 0 Å². The van der Waals surface area contributed by atoms with E-state index in [1.54, 1.807) is 0 Å². The van der Waals surface area contributed by atoms with Crippen molar-refractivity contribution in [2.24, 2.45) is 0 Å². The Bertz CT molecular complexity index is 118. The molecule has 10 heavy (non-hydrogen) atoms. The monoisotopic (exact) mass is 182 g/mol. The summed E-state index contributed by atoms with van der Waals surface area (Å²) in [6, 6.07) is 0. The number of aliphatic hydroxyl groups is 1. The fraction of sp³-hybridized carbons (Fsp3) is 0. The molecule has 0 fully saturated rings. The van der Waals surface area contributed by atoms with Crippen LogP contribution in [-0.2, 0) is 4.57 Å². The second-order valence-corrected chi connectivity index (χ2v) is 1.64. The summed E-state index contributed by atoms with van der Waals surface area (Å²) in [5, 5.41) is 13.8. The summed E-state index contributed by atoms with van der Waals surface area (Å²) in [6.07, 6.45) is 0.750. The number of rotatable bonds is 0. The van der Waals surface area contributed by atoms with Gasteiger partial charge in [-0.2, -0.15) is 5.26 Å². The van der Waals surface area contributed by atoms with E-state index in [0.29, 0.717) is 0 Å². The van der Waals surface area contributed by atoms with Crippen molar-refractivity contribution >= 4 is 37.4 Å². The number of hydrogen-bond acceptors (Lipinski definition) is 4. The van der Waals surface area contributed by atoms with Gasteiger partial charge in [0.15, 0.2) is 0 Å². The van der Waals surface area contributed by atoms with Crippen LogP contribution >= 0.6 is 7.82 Å². The Morgan fingerprint density at radius 2 is 1.30 bits per heavy atom. The van der Waals surface area contributed by atoms with E-state index >= 15 is 0 Å². The number of nitriles is 1. The summed E-state index contributed by atoms with van der Waals surface area (Å²) >= 11 is 0. The van der Waals surface area contributed by atoms with Crippen molar-refractivity contribution in [3.05, 3.63) is 0 Å². The van der Waals surface area contributed by atoms with Crippen molar-refractivity contribution < 1.29 is 24.4 Å². The van der Waals surface area contributed by atoms with Gasteiger partial charge in [-0.25, -0.2) is 4.57 Å². The topological polar surface area (TPSA) is 157 Å². The third-order valence-electron chi connectivity index (χ3n) is 0. The first-order chi connectivity index (χ1) is 3.41. The zero-order chi connectivity index (χ0) is 7.21. The Morgan fingerprint density at radius 3 is 1.30 bits per heavy atom. The van der Waals surface area contributed by atoms with Gasteiger partial charge in [-0.1, -0.05) is 0 Å². The summed E-state index contributed by atoms with van der Waals surface area (Å²) in [7, 11) is -4.64. The molecule has 0 aliphatic heterocycles. The third kappa shape index (κ3) is 3490. The molecule has 0 rings (SSSR count). The molecule has 0 aromatic rings. The first-order valence-electron chi connectivity index (χ1n) is 1.23. The molecule has 0 aromatic carbocycles. The number of aliphatic hydroxyl groups excluding tert-OH is 1. The molecule has 0 bridgehead atoms. The zero-order valence-corrected chi connectivity index (χ0v) is 5.19. The maximum atomic E-state index is 8.88. The normalized spacial score (nSPS) is 6.60. The zero-order valence-electron chi connectivity index (χ0n) is 4.30. The van der Waals surface area contributed by atoms with E-state index in [0.717, 1.165) is 6.26 Å². The van der Waals surface area contributed by atoms with Crippen molar-refractivity contribution in [1.82, 2.24) is 6.15 Å². The molecular weight excluding hydrogens is 174 g/mol. The molecule has 0 atom stereocenters. The Balaban J connectivity index is -0.0000000326. The van der Waals surface area contributed by atoms with Gasteiger partial charge in [-0.05, 0) is 0 Å². The van der Waals surface area contributed by atoms with E-state index in [-0.39, 0.29) is 35.7 Å². The predicted octanol–water partition coefficient (Wildman–Crippen LogP) is -1.58. The maximum absolute atomic E-state index is 8.88. The molecule has 0 amide bonds. The Hall–Kier alpha value is 0.360. The molecule has 0 aliphatic carbocycles. The second-order valence-electron chi connectivity index (χ2n) is 0.613. The molecule has 7 N–H and O–H groups in total. The summed E-state index contributed by atoms with van der Waals surface area (Å²) < 4.78 is 8.88. The average Bonchev–Trinajstić information content (AvgIpc) is 1.27. The van der Waals surface area contributed by atoms with Gasteiger partial charge in [0.2, 0.25) is 0 Å². The number of phosphoric acid groups is 1. The van der Waals surface area contributed by atoms with Gasteiger partial charge in [0.1, 0.15) is 0 Å². The molecule has 0 saturated heterocycles. The predicted molar refractivity (Wildman–Crippen MR) is 34.0 cm³/mol. The Kier molecular flexibility index (Phi) is 27.1. The average molecular weight is 182 g/mol. The van der Waals surface area contributed by atoms with Crippen LogP contribution in [0.2, 0.25) is 0 Å². The van der Waals surface area contributed by atoms with Gasteiger partial charge in [0.25, 0.3) is 6.26 Å². The quantitative estimate of drug-likeness (QED) is 0.172. The van der Waals surface area contributed by atoms with E-state index in [4.69, 9.17) is 29.6 Å². The van der Waals surface area contributed by atoms with Crippen molar-refractivity contribution in [2.75, 3.05) is 0 Å². The molecule has 0 saturated carbocycles. The SMILES string of the molecule is N.N#CO.O=P(O)(O)O.[NaH]. The summed E-state index contributed by atoms with van der Waals surface area (Å²) in [5.41, 5.74) is 0. The van der Waals surface area contributed by atoms with Crippen LogP contribution in [0.5, 0.6) is 0 Å². The van der Waals surface area contributed by atoms with Crippen molar-refractivity contribution in [2.45, 2.75) is 0 Å². The molecule has 0 heterocycles. The van der Waals surface area contributed by atoms with Gasteiger partial charge in [0, 0.05) is 0 Å². The van der Waals surface area contributed by atoms with Crippen molar-refractivity contribution in [3.63, 3.8) is 0 Å². The number of hydrogen-bond donors (Lipinski definition) is 5. The summed E-state index contributed by atoms with van der Waals surface area (Å²) in [5.74, 6) is 0. The van der Waals surface area contributed by atoms with E-state index in [1.165, 1.54) is 0 Å². The Morgan fingerprint density at radius 1 is 1.30 bits per heavy atom.